The molecule has 1 aromatic carbocycles. The van der Waals surface area contributed by atoms with Gasteiger partial charge in [-0.3, -0.25) is 4.79 Å². The molecule has 7 nitrogen and oxygen atoms in total. The van der Waals surface area contributed by atoms with Gasteiger partial charge in [-0.05, 0) is 36.4 Å². The molecule has 0 unspecified atom stereocenters. The van der Waals surface area contributed by atoms with E-state index in [-0.39, 0.29) is 5.56 Å². The molecule has 0 spiro atoms. The lowest BCUT2D eigenvalue weighted by Gasteiger charge is -2.06. The molecule has 3 aromatic heterocycles. The van der Waals surface area contributed by atoms with Crippen LogP contribution in [0.15, 0.2) is 45.8 Å². The maximum atomic E-state index is 12.6. The first-order valence-electron chi connectivity index (χ1n) is 7.37. The summed E-state index contributed by atoms with van der Waals surface area (Å²) in [4.78, 5) is 17.5. The Balaban J connectivity index is 1.85. The van der Waals surface area contributed by atoms with E-state index in [2.05, 4.69) is 10.1 Å². The molecule has 0 atom stereocenters. The van der Waals surface area contributed by atoms with Crippen molar-refractivity contribution in [3.63, 3.8) is 0 Å². The van der Waals surface area contributed by atoms with Gasteiger partial charge in [-0.1, -0.05) is 11.3 Å². The van der Waals surface area contributed by atoms with Crippen molar-refractivity contribution < 1.29 is 13.9 Å². The number of nitrogens with zero attached hydrogens (tertiary/aromatic N) is 3. The second kappa shape index (κ2) is 6.06. The lowest BCUT2D eigenvalue weighted by molar-refractivity contribution is 0.402. The quantitative estimate of drug-likeness (QED) is 0.557. The number of rotatable bonds is 4. The van der Waals surface area contributed by atoms with E-state index >= 15 is 0 Å². The molecular formula is C17H13N3O4S. The smallest absolute Gasteiger partial charge is 0.291 e. The summed E-state index contributed by atoms with van der Waals surface area (Å²) in [6, 6.07) is 8.89. The van der Waals surface area contributed by atoms with Crippen LogP contribution in [-0.4, -0.2) is 28.8 Å². The number of hydrogen-bond donors (Lipinski definition) is 0. The second-order valence-electron chi connectivity index (χ2n) is 5.13. The van der Waals surface area contributed by atoms with Gasteiger partial charge in [-0.15, -0.1) is 5.10 Å². The third-order valence-electron chi connectivity index (χ3n) is 3.65. The molecule has 0 saturated heterocycles. The van der Waals surface area contributed by atoms with Crippen LogP contribution in [0.5, 0.6) is 11.5 Å². The fourth-order valence-corrected chi connectivity index (χ4v) is 3.34. The highest BCUT2D eigenvalue weighted by Gasteiger charge is 2.14. The van der Waals surface area contributed by atoms with Crippen LogP contribution in [0, 0.1) is 0 Å². The summed E-state index contributed by atoms with van der Waals surface area (Å²) in [7, 11) is 3.17. The molecular weight excluding hydrogens is 342 g/mol. The first kappa shape index (κ1) is 15.4. The number of fused-ring (bicyclic) bond motifs is 1. The van der Waals surface area contributed by atoms with Crippen molar-refractivity contribution in [1.82, 2.24) is 14.6 Å². The van der Waals surface area contributed by atoms with Gasteiger partial charge in [0, 0.05) is 5.56 Å². The minimum Gasteiger partial charge on any atom is -0.497 e. The summed E-state index contributed by atoms with van der Waals surface area (Å²) in [6.45, 7) is 0. The Hall–Kier alpha value is -3.13. The highest BCUT2D eigenvalue weighted by Crippen LogP contribution is 2.24. The molecule has 0 aliphatic heterocycles. The molecule has 0 bridgehead atoms. The summed E-state index contributed by atoms with van der Waals surface area (Å²) in [6.07, 6.45) is 3.29. The molecule has 0 aliphatic carbocycles. The van der Waals surface area contributed by atoms with Crippen molar-refractivity contribution in [2.75, 3.05) is 14.2 Å². The van der Waals surface area contributed by atoms with Crippen molar-refractivity contribution in [3.8, 4) is 23.1 Å². The zero-order chi connectivity index (χ0) is 17.4. The molecule has 0 saturated carbocycles. The van der Waals surface area contributed by atoms with Crippen LogP contribution in [0.25, 0.3) is 22.6 Å². The number of aromatic nitrogens is 3. The van der Waals surface area contributed by atoms with Gasteiger partial charge in [-0.2, -0.15) is 9.50 Å². The maximum Gasteiger partial charge on any atom is 0.291 e. The fraction of sp³-hybridized carbons (Fsp3) is 0.118. The van der Waals surface area contributed by atoms with Crippen LogP contribution in [0.3, 0.4) is 0 Å². The van der Waals surface area contributed by atoms with Crippen LogP contribution in [0.1, 0.15) is 5.56 Å². The van der Waals surface area contributed by atoms with Crippen LogP contribution >= 0.6 is 11.3 Å². The predicted octanol–water partition coefficient (Wildman–Crippen LogP) is 1.98. The van der Waals surface area contributed by atoms with E-state index in [0.717, 1.165) is 5.56 Å². The molecule has 0 amide bonds. The second-order valence-corrected chi connectivity index (χ2v) is 6.14. The zero-order valence-electron chi connectivity index (χ0n) is 13.4. The summed E-state index contributed by atoms with van der Waals surface area (Å²) >= 11 is 1.25. The van der Waals surface area contributed by atoms with Crippen LogP contribution in [-0.2, 0) is 0 Å². The number of furan rings is 1. The third-order valence-corrected chi connectivity index (χ3v) is 4.61. The van der Waals surface area contributed by atoms with Crippen LogP contribution in [0.4, 0.5) is 0 Å². The van der Waals surface area contributed by atoms with Gasteiger partial charge < -0.3 is 13.9 Å². The minimum absolute atomic E-state index is 0.241. The topological polar surface area (TPSA) is 78.9 Å². The molecule has 0 radical (unpaired) electrons. The summed E-state index contributed by atoms with van der Waals surface area (Å²) in [5, 5.41) is 4.23. The molecule has 0 aliphatic rings. The van der Waals surface area contributed by atoms with E-state index in [9.17, 15) is 4.79 Å². The van der Waals surface area contributed by atoms with Gasteiger partial charge >= 0.3 is 0 Å². The highest BCUT2D eigenvalue weighted by molar-refractivity contribution is 7.15. The Bertz CT molecular complexity index is 1140. The number of benzene rings is 1. The lowest BCUT2D eigenvalue weighted by atomic mass is 10.2. The first-order valence-corrected chi connectivity index (χ1v) is 8.18. The molecule has 3 heterocycles. The Labute approximate surface area is 145 Å². The molecule has 4 rings (SSSR count). The third kappa shape index (κ3) is 2.66. The van der Waals surface area contributed by atoms with E-state index in [1.54, 1.807) is 44.6 Å². The number of methoxy groups -OCH3 is 2. The summed E-state index contributed by atoms with van der Waals surface area (Å²) in [5.74, 6) is 2.24. The average Bonchev–Trinajstić information content (AvgIpc) is 3.34. The van der Waals surface area contributed by atoms with Crippen molar-refractivity contribution in [1.29, 1.82) is 0 Å². The first-order chi connectivity index (χ1) is 12.2. The number of hydrogen-bond acceptors (Lipinski definition) is 7. The molecule has 0 N–H and O–H groups in total. The maximum absolute atomic E-state index is 12.6. The SMILES string of the molecule is COc1ccc(OC)c(/C=c2/sc3nc(-c4ccco4)nn3c2=O)c1. The Morgan fingerprint density at radius 3 is 2.80 bits per heavy atom. The van der Waals surface area contributed by atoms with E-state index in [1.165, 1.54) is 22.1 Å². The summed E-state index contributed by atoms with van der Waals surface area (Å²) < 4.78 is 17.6. The van der Waals surface area contributed by atoms with E-state index < -0.39 is 0 Å². The zero-order valence-corrected chi connectivity index (χ0v) is 14.2. The standard InChI is InChI=1S/C17H13N3O4S/c1-22-11-5-6-12(23-2)10(8-11)9-14-16(21)20-17(25-14)18-15(19-20)13-4-3-7-24-13/h3-9H,1-2H3/b14-9+. The molecule has 25 heavy (non-hydrogen) atoms. The molecule has 4 aromatic rings. The molecule has 0 fully saturated rings. The fourth-order valence-electron chi connectivity index (χ4n) is 2.44. The Morgan fingerprint density at radius 1 is 1.24 bits per heavy atom. The van der Waals surface area contributed by atoms with E-state index in [4.69, 9.17) is 13.9 Å². The van der Waals surface area contributed by atoms with Crippen molar-refractivity contribution >= 4 is 22.4 Å². The molecule has 126 valence electrons. The normalized spacial score (nSPS) is 12.0. The Morgan fingerprint density at radius 2 is 2.12 bits per heavy atom. The van der Waals surface area contributed by atoms with Gasteiger partial charge in [0.15, 0.2) is 5.76 Å². The molecule has 8 heteroatoms. The van der Waals surface area contributed by atoms with Crippen molar-refractivity contribution in [2.24, 2.45) is 0 Å². The Kier molecular flexibility index (Phi) is 3.73. The van der Waals surface area contributed by atoms with Gasteiger partial charge in [0.25, 0.3) is 5.56 Å². The number of ether oxygens (including phenoxy) is 2. The highest BCUT2D eigenvalue weighted by atomic mass is 32.1. The summed E-state index contributed by atoms with van der Waals surface area (Å²) in [5.41, 5.74) is 0.505. The monoisotopic (exact) mass is 355 g/mol. The number of thiazole rings is 1. The van der Waals surface area contributed by atoms with Gasteiger partial charge in [0.1, 0.15) is 11.5 Å². The minimum atomic E-state index is -0.241. The van der Waals surface area contributed by atoms with Crippen LogP contribution in [0.2, 0.25) is 0 Å². The van der Waals surface area contributed by atoms with E-state index in [0.29, 0.717) is 32.6 Å². The van der Waals surface area contributed by atoms with Gasteiger partial charge in [0.05, 0.1) is 25.0 Å². The lowest BCUT2D eigenvalue weighted by Crippen LogP contribution is -2.23. The van der Waals surface area contributed by atoms with Crippen molar-refractivity contribution in [2.45, 2.75) is 0 Å². The van der Waals surface area contributed by atoms with Gasteiger partial charge in [0.2, 0.25) is 10.8 Å². The van der Waals surface area contributed by atoms with Crippen LogP contribution < -0.4 is 19.6 Å². The van der Waals surface area contributed by atoms with E-state index in [1.807, 2.05) is 6.07 Å². The average molecular weight is 355 g/mol. The largest absolute Gasteiger partial charge is 0.497 e. The van der Waals surface area contributed by atoms with Crippen molar-refractivity contribution in [3.05, 3.63) is 57.0 Å². The predicted molar refractivity (Wildman–Crippen MR) is 93.2 cm³/mol. The van der Waals surface area contributed by atoms with Gasteiger partial charge in [-0.25, -0.2) is 0 Å².